The minimum atomic E-state index is -0.344. The molecule has 2 fully saturated rings. The molecule has 1 amide bonds. The number of carbonyl (C=O) groups is 1. The van der Waals surface area contributed by atoms with Crippen LogP contribution in [0.15, 0.2) is 35.7 Å². The highest BCUT2D eigenvalue weighted by atomic mass is 35.5. The number of benzene rings is 1. The largest absolute Gasteiger partial charge is 0.486 e. The second kappa shape index (κ2) is 9.05. The molecule has 0 atom stereocenters. The predicted molar refractivity (Wildman–Crippen MR) is 104 cm³/mol. The van der Waals surface area contributed by atoms with E-state index in [9.17, 15) is 4.79 Å². The van der Waals surface area contributed by atoms with Crippen molar-refractivity contribution in [2.24, 2.45) is 5.92 Å². The second-order valence-electron chi connectivity index (χ2n) is 6.67. The Balaban J connectivity index is 1.81. The normalized spacial score (nSPS) is 18.6. The smallest absolute Gasteiger partial charge is 0.293 e. The topological polar surface area (TPSA) is 77.5 Å². The van der Waals surface area contributed by atoms with E-state index < -0.39 is 0 Å². The Kier molecular flexibility index (Phi) is 6.52. The van der Waals surface area contributed by atoms with Gasteiger partial charge in [0.25, 0.3) is 5.91 Å². The van der Waals surface area contributed by atoms with Gasteiger partial charge in [0.2, 0.25) is 5.76 Å². The van der Waals surface area contributed by atoms with Crippen molar-refractivity contribution in [3.8, 4) is 0 Å². The number of nitrogens with zero attached hydrogens (tertiary/aromatic N) is 1. The molecule has 1 aromatic rings. The van der Waals surface area contributed by atoms with E-state index in [2.05, 4.69) is 10.6 Å². The summed E-state index contributed by atoms with van der Waals surface area (Å²) >= 11 is 6.00. The van der Waals surface area contributed by atoms with Gasteiger partial charge >= 0.3 is 0 Å². The first-order chi connectivity index (χ1) is 12.7. The number of carbonyl (C=O) groups excluding carboxylic acids is 1. The van der Waals surface area contributed by atoms with Gasteiger partial charge in [-0.1, -0.05) is 24.1 Å². The van der Waals surface area contributed by atoms with Crippen LogP contribution in [0.25, 0.3) is 0 Å². The number of nitrogens with one attached hydrogen (secondary N) is 3. The van der Waals surface area contributed by atoms with Crippen molar-refractivity contribution in [2.45, 2.75) is 19.3 Å². The molecule has 0 radical (unpaired) electrons. The second-order valence-corrected chi connectivity index (χ2v) is 7.10. The van der Waals surface area contributed by atoms with E-state index in [1.54, 1.807) is 24.3 Å². The molecule has 1 aliphatic heterocycles. The van der Waals surface area contributed by atoms with E-state index in [0.29, 0.717) is 28.9 Å². The fraction of sp³-hybridized carbons (Fsp3) is 0.474. The molecule has 0 spiro atoms. The molecule has 1 aromatic carbocycles. The zero-order valence-corrected chi connectivity index (χ0v) is 15.5. The van der Waals surface area contributed by atoms with Gasteiger partial charge in [-0.05, 0) is 37.0 Å². The minimum Gasteiger partial charge on any atom is -0.486 e. The van der Waals surface area contributed by atoms with Crippen molar-refractivity contribution in [3.63, 3.8) is 0 Å². The number of halogens is 1. The standard InChI is InChI=1S/C19H25ClN4O2/c20-15-5-2-6-16(11-15)23-19(25)18(26-13-14-3-1-4-14)17(12-21)24-9-7-22-8-10-24/h2,5-6,11-12,14,21-22H,1,3-4,7-10,13H2,(H,23,25)/b18-17-,21-12?. The fourth-order valence-corrected chi connectivity index (χ4v) is 3.27. The summed E-state index contributed by atoms with van der Waals surface area (Å²) in [5, 5.41) is 14.5. The van der Waals surface area contributed by atoms with E-state index in [-0.39, 0.29) is 11.7 Å². The molecule has 7 heteroatoms. The monoisotopic (exact) mass is 376 g/mol. The van der Waals surface area contributed by atoms with Crippen LogP contribution in [0.2, 0.25) is 5.02 Å². The minimum absolute atomic E-state index is 0.216. The lowest BCUT2D eigenvalue weighted by Gasteiger charge is -2.32. The highest BCUT2D eigenvalue weighted by Gasteiger charge is 2.25. The van der Waals surface area contributed by atoms with Crippen LogP contribution in [0.4, 0.5) is 5.69 Å². The summed E-state index contributed by atoms with van der Waals surface area (Å²) in [7, 11) is 0. The predicted octanol–water partition coefficient (Wildman–Crippen LogP) is 2.86. The lowest BCUT2D eigenvalue weighted by atomic mass is 9.86. The molecule has 1 saturated carbocycles. The molecule has 3 N–H and O–H groups in total. The lowest BCUT2D eigenvalue weighted by Crippen LogP contribution is -2.44. The molecular formula is C19H25ClN4O2. The number of hydrogen-bond donors (Lipinski definition) is 3. The van der Waals surface area contributed by atoms with Gasteiger partial charge < -0.3 is 25.7 Å². The summed E-state index contributed by atoms with van der Waals surface area (Å²) < 4.78 is 5.94. The average Bonchev–Trinajstić information content (AvgIpc) is 2.60. The number of piperazine rings is 1. The van der Waals surface area contributed by atoms with Crippen LogP contribution in [0, 0.1) is 11.3 Å². The Morgan fingerprint density at radius 2 is 2.15 bits per heavy atom. The molecule has 140 valence electrons. The van der Waals surface area contributed by atoms with Crippen LogP contribution in [0.5, 0.6) is 0 Å². The van der Waals surface area contributed by atoms with Gasteiger partial charge in [-0.15, -0.1) is 0 Å². The average molecular weight is 377 g/mol. The highest BCUT2D eigenvalue weighted by molar-refractivity contribution is 6.31. The molecule has 26 heavy (non-hydrogen) atoms. The summed E-state index contributed by atoms with van der Waals surface area (Å²) in [6.07, 6.45) is 4.71. The SMILES string of the molecule is N=C/C(=C(/OCC1CCC1)C(=O)Nc1cccc(Cl)c1)N1CCNCC1. The first-order valence-corrected chi connectivity index (χ1v) is 9.45. The van der Waals surface area contributed by atoms with Crippen molar-refractivity contribution in [1.82, 2.24) is 10.2 Å². The number of ether oxygens (including phenoxy) is 1. The van der Waals surface area contributed by atoms with E-state index in [1.165, 1.54) is 12.6 Å². The Labute approximate surface area is 159 Å². The summed E-state index contributed by atoms with van der Waals surface area (Å²) in [4.78, 5) is 14.9. The van der Waals surface area contributed by atoms with Gasteiger partial charge in [0.1, 0.15) is 5.70 Å². The Morgan fingerprint density at radius 3 is 2.77 bits per heavy atom. The van der Waals surface area contributed by atoms with Crippen molar-refractivity contribution < 1.29 is 9.53 Å². The van der Waals surface area contributed by atoms with Crippen LogP contribution in [0.1, 0.15) is 19.3 Å². The zero-order valence-electron chi connectivity index (χ0n) is 14.8. The third-order valence-corrected chi connectivity index (χ3v) is 5.04. The van der Waals surface area contributed by atoms with Crippen molar-refractivity contribution in [2.75, 3.05) is 38.1 Å². The molecule has 0 aromatic heterocycles. The third kappa shape index (κ3) is 4.77. The highest BCUT2D eigenvalue weighted by Crippen LogP contribution is 2.28. The molecule has 1 heterocycles. The van der Waals surface area contributed by atoms with Gasteiger partial charge in [-0.25, -0.2) is 0 Å². The zero-order chi connectivity index (χ0) is 18.4. The van der Waals surface area contributed by atoms with Crippen LogP contribution < -0.4 is 10.6 Å². The molecule has 6 nitrogen and oxygen atoms in total. The number of hydrogen-bond acceptors (Lipinski definition) is 5. The maximum absolute atomic E-state index is 12.9. The first kappa shape index (κ1) is 18.7. The van der Waals surface area contributed by atoms with Crippen molar-refractivity contribution in [3.05, 3.63) is 40.7 Å². The number of anilines is 1. The Hall–Kier alpha value is -2.05. The first-order valence-electron chi connectivity index (χ1n) is 9.07. The van der Waals surface area contributed by atoms with E-state index >= 15 is 0 Å². The van der Waals surface area contributed by atoms with Crippen molar-refractivity contribution in [1.29, 1.82) is 5.41 Å². The number of allylic oxidation sites excluding steroid dienone is 1. The fourth-order valence-electron chi connectivity index (χ4n) is 3.08. The Morgan fingerprint density at radius 1 is 1.38 bits per heavy atom. The Bertz CT molecular complexity index is 682. The van der Waals surface area contributed by atoms with E-state index in [0.717, 1.165) is 39.0 Å². The molecule has 1 saturated heterocycles. The number of rotatable bonds is 7. The van der Waals surface area contributed by atoms with Crippen LogP contribution in [-0.2, 0) is 9.53 Å². The van der Waals surface area contributed by atoms with Gasteiger partial charge in [0.15, 0.2) is 0 Å². The lowest BCUT2D eigenvalue weighted by molar-refractivity contribution is -0.116. The summed E-state index contributed by atoms with van der Waals surface area (Å²) in [5.74, 6) is 0.372. The van der Waals surface area contributed by atoms with Crippen molar-refractivity contribution >= 4 is 29.4 Å². The summed E-state index contributed by atoms with van der Waals surface area (Å²) in [6.45, 7) is 3.64. The van der Waals surface area contributed by atoms with Crippen LogP contribution >= 0.6 is 11.6 Å². The van der Waals surface area contributed by atoms with Gasteiger partial charge in [-0.3, -0.25) is 4.79 Å². The maximum atomic E-state index is 12.9. The molecule has 3 rings (SSSR count). The summed E-state index contributed by atoms with van der Waals surface area (Å²) in [6, 6.07) is 7.01. The van der Waals surface area contributed by atoms with Crippen LogP contribution in [-0.4, -0.2) is 49.8 Å². The maximum Gasteiger partial charge on any atom is 0.293 e. The molecular weight excluding hydrogens is 352 g/mol. The van der Waals surface area contributed by atoms with Crippen LogP contribution in [0.3, 0.4) is 0 Å². The quantitative estimate of drug-likeness (QED) is 0.388. The molecule has 0 bridgehead atoms. The molecule has 2 aliphatic rings. The van der Waals surface area contributed by atoms with E-state index in [4.69, 9.17) is 21.7 Å². The van der Waals surface area contributed by atoms with Gasteiger partial charge in [0.05, 0.1) is 6.61 Å². The number of amides is 1. The summed E-state index contributed by atoms with van der Waals surface area (Å²) in [5.41, 5.74) is 1.14. The van der Waals surface area contributed by atoms with E-state index in [1.807, 2.05) is 4.90 Å². The third-order valence-electron chi connectivity index (χ3n) is 4.80. The molecule has 0 unspecified atom stereocenters. The van der Waals surface area contributed by atoms with Gasteiger partial charge in [-0.2, -0.15) is 0 Å². The molecule has 1 aliphatic carbocycles. The van der Waals surface area contributed by atoms with Gasteiger partial charge in [0, 0.05) is 43.1 Å².